The molecule has 1 heterocycles. The fraction of sp³-hybridized carbons (Fsp3) is 0.200. The molecule has 0 aliphatic carbocycles. The van der Waals surface area contributed by atoms with Gasteiger partial charge >= 0.3 is 0 Å². The third kappa shape index (κ3) is 4.46. The number of aliphatic imine (C=N–C) groups is 1. The van der Waals surface area contributed by atoms with Crippen LogP contribution in [0, 0.1) is 0 Å². The van der Waals surface area contributed by atoms with Crippen LogP contribution in [0.25, 0.3) is 6.08 Å². The fourth-order valence-electron chi connectivity index (χ4n) is 2.71. The molecule has 0 aromatic heterocycles. The first kappa shape index (κ1) is 19.3. The Morgan fingerprint density at radius 1 is 1.22 bits per heavy atom. The second-order valence-corrected chi connectivity index (χ2v) is 7.29. The van der Waals surface area contributed by atoms with E-state index in [0.29, 0.717) is 26.3 Å². The third-order valence-electron chi connectivity index (χ3n) is 4.15. The molecule has 0 atom stereocenters. The van der Waals surface area contributed by atoms with Gasteiger partial charge in [0.1, 0.15) is 5.75 Å². The number of aromatic hydroxyl groups is 1. The maximum Gasteiger partial charge on any atom is 0.264 e. The maximum absolute atomic E-state index is 12.2. The number of benzene rings is 2. The normalized spacial score (nSPS) is 16.8. The fourth-order valence-corrected chi connectivity index (χ4v) is 3.72. The molecule has 1 saturated heterocycles. The second-order valence-electron chi connectivity index (χ2n) is 5.85. The highest BCUT2D eigenvalue weighted by molar-refractivity contribution is 8.18. The predicted molar refractivity (Wildman–Crippen MR) is 114 cm³/mol. The number of hydrogen-bond acceptors (Lipinski definition) is 5. The highest BCUT2D eigenvalue weighted by Gasteiger charge is 2.24. The van der Waals surface area contributed by atoms with E-state index in [4.69, 9.17) is 11.6 Å². The van der Waals surface area contributed by atoms with E-state index >= 15 is 0 Å². The largest absolute Gasteiger partial charge is 0.507 e. The Bertz CT molecular complexity index is 923. The Balaban J connectivity index is 1.83. The zero-order valence-corrected chi connectivity index (χ0v) is 16.6. The van der Waals surface area contributed by atoms with E-state index < -0.39 is 0 Å². The van der Waals surface area contributed by atoms with Gasteiger partial charge in [-0.05, 0) is 56.0 Å². The number of para-hydroxylation sites is 1. The first-order valence-corrected chi connectivity index (χ1v) is 9.83. The molecule has 1 fully saturated rings. The summed E-state index contributed by atoms with van der Waals surface area (Å²) in [7, 11) is 0. The van der Waals surface area contributed by atoms with Crippen LogP contribution in [0.15, 0.2) is 52.4 Å². The Kier molecular flexibility index (Phi) is 6.08. The highest BCUT2D eigenvalue weighted by atomic mass is 35.5. The van der Waals surface area contributed by atoms with Crippen LogP contribution in [0.5, 0.6) is 5.75 Å². The lowest BCUT2D eigenvalue weighted by atomic mass is 10.1. The molecule has 3 rings (SSSR count). The number of amidine groups is 1. The molecule has 2 aromatic rings. The smallest absolute Gasteiger partial charge is 0.264 e. The molecule has 7 heteroatoms. The lowest BCUT2D eigenvalue weighted by molar-refractivity contribution is -0.115. The highest BCUT2D eigenvalue weighted by Crippen LogP contribution is 2.33. The number of carbonyl (C=O) groups excluding carboxylic acids is 1. The molecule has 0 saturated carbocycles. The van der Waals surface area contributed by atoms with Crippen molar-refractivity contribution in [2.45, 2.75) is 13.8 Å². The Labute approximate surface area is 167 Å². The van der Waals surface area contributed by atoms with Crippen molar-refractivity contribution in [3.05, 3.63) is 58.0 Å². The van der Waals surface area contributed by atoms with Crippen LogP contribution >= 0.6 is 23.4 Å². The van der Waals surface area contributed by atoms with E-state index in [-0.39, 0.29) is 11.7 Å². The molecule has 2 aromatic carbocycles. The van der Waals surface area contributed by atoms with E-state index in [1.54, 1.807) is 24.3 Å². The van der Waals surface area contributed by atoms with Crippen molar-refractivity contribution in [1.82, 2.24) is 5.32 Å². The van der Waals surface area contributed by atoms with Gasteiger partial charge in [-0.2, -0.15) is 0 Å². The molecule has 2 N–H and O–H groups in total. The van der Waals surface area contributed by atoms with Gasteiger partial charge in [0, 0.05) is 30.4 Å². The van der Waals surface area contributed by atoms with Gasteiger partial charge in [-0.3, -0.25) is 4.79 Å². The van der Waals surface area contributed by atoms with Gasteiger partial charge in [0.05, 0.1) is 15.6 Å². The molecule has 1 amide bonds. The quantitative estimate of drug-likeness (QED) is 0.707. The van der Waals surface area contributed by atoms with E-state index in [1.807, 2.05) is 24.3 Å². The zero-order chi connectivity index (χ0) is 19.4. The van der Waals surface area contributed by atoms with Crippen molar-refractivity contribution in [3.8, 4) is 5.75 Å². The number of hydrogen-bond donors (Lipinski definition) is 2. The van der Waals surface area contributed by atoms with E-state index in [9.17, 15) is 9.90 Å². The summed E-state index contributed by atoms with van der Waals surface area (Å²) < 4.78 is 0. The second kappa shape index (κ2) is 8.50. The van der Waals surface area contributed by atoms with Crippen LogP contribution in [0.1, 0.15) is 19.4 Å². The maximum atomic E-state index is 12.2. The number of anilines is 1. The number of thioether (sulfide) groups is 1. The average Bonchev–Trinajstić information content (AvgIpc) is 2.99. The summed E-state index contributed by atoms with van der Waals surface area (Å²) in [6, 6.07) is 12.6. The summed E-state index contributed by atoms with van der Waals surface area (Å²) in [5, 5.41) is 14.1. The van der Waals surface area contributed by atoms with Gasteiger partial charge in [0.2, 0.25) is 0 Å². The molecule has 1 aliphatic rings. The van der Waals surface area contributed by atoms with Gasteiger partial charge in [-0.15, -0.1) is 0 Å². The Hall–Kier alpha value is -2.44. The van der Waals surface area contributed by atoms with Gasteiger partial charge in [0.25, 0.3) is 5.91 Å². The van der Waals surface area contributed by atoms with Crippen molar-refractivity contribution in [2.75, 3.05) is 18.0 Å². The van der Waals surface area contributed by atoms with Crippen LogP contribution in [-0.2, 0) is 4.79 Å². The minimum Gasteiger partial charge on any atom is -0.507 e. The number of carbonyl (C=O) groups is 1. The zero-order valence-electron chi connectivity index (χ0n) is 15.1. The summed E-state index contributed by atoms with van der Waals surface area (Å²) in [6.45, 7) is 5.85. The molecule has 0 spiro atoms. The number of nitrogens with zero attached hydrogens (tertiary/aromatic N) is 2. The van der Waals surface area contributed by atoms with E-state index in [2.05, 4.69) is 29.1 Å². The van der Waals surface area contributed by atoms with Crippen LogP contribution in [0.4, 0.5) is 11.4 Å². The lowest BCUT2D eigenvalue weighted by Crippen LogP contribution is -2.21. The van der Waals surface area contributed by atoms with Crippen molar-refractivity contribution in [1.29, 1.82) is 0 Å². The number of halogens is 1. The molecule has 1 aliphatic heterocycles. The van der Waals surface area contributed by atoms with Gasteiger partial charge in [-0.25, -0.2) is 4.99 Å². The lowest BCUT2D eigenvalue weighted by Gasteiger charge is -2.21. The first-order chi connectivity index (χ1) is 13.0. The summed E-state index contributed by atoms with van der Waals surface area (Å²) in [6.07, 6.45) is 1.66. The van der Waals surface area contributed by atoms with Crippen LogP contribution in [-0.4, -0.2) is 29.3 Å². The third-order valence-corrected chi connectivity index (χ3v) is 5.38. The van der Waals surface area contributed by atoms with E-state index in [1.165, 1.54) is 11.8 Å². The van der Waals surface area contributed by atoms with Crippen molar-refractivity contribution >= 4 is 51.9 Å². The number of rotatable bonds is 5. The first-order valence-electron chi connectivity index (χ1n) is 8.64. The predicted octanol–water partition coefficient (Wildman–Crippen LogP) is 4.78. The SMILES string of the molecule is CCN(CC)c1ccc(/C=C2/SC(=Nc3ccccc3Cl)NC2=O)c(O)c1. The van der Waals surface area contributed by atoms with Crippen molar-refractivity contribution in [2.24, 2.45) is 4.99 Å². The standard InChI is InChI=1S/C20H20ClN3O2S/c1-3-24(4-2)14-10-9-13(17(25)12-14)11-18-19(26)23-20(27-18)22-16-8-6-5-7-15(16)21/h5-12,25H,3-4H2,1-2H3,(H,22,23,26)/b18-11+. The van der Waals surface area contributed by atoms with Crippen molar-refractivity contribution < 1.29 is 9.90 Å². The van der Waals surface area contributed by atoms with Crippen LogP contribution in [0.3, 0.4) is 0 Å². The van der Waals surface area contributed by atoms with Crippen LogP contribution in [0.2, 0.25) is 5.02 Å². The van der Waals surface area contributed by atoms with Gasteiger partial charge in [0.15, 0.2) is 5.17 Å². The molecule has 140 valence electrons. The molecule has 27 heavy (non-hydrogen) atoms. The number of phenols is 1. The molecular weight excluding hydrogens is 382 g/mol. The monoisotopic (exact) mass is 401 g/mol. The van der Waals surface area contributed by atoms with Crippen molar-refractivity contribution in [3.63, 3.8) is 0 Å². The summed E-state index contributed by atoms with van der Waals surface area (Å²) >= 11 is 7.33. The van der Waals surface area contributed by atoms with Crippen LogP contribution < -0.4 is 10.2 Å². The molecule has 0 radical (unpaired) electrons. The van der Waals surface area contributed by atoms with Gasteiger partial charge < -0.3 is 15.3 Å². The Morgan fingerprint density at radius 3 is 2.63 bits per heavy atom. The molecule has 5 nitrogen and oxygen atoms in total. The minimum absolute atomic E-state index is 0.136. The number of amides is 1. The molecular formula is C20H20ClN3O2S. The number of nitrogens with one attached hydrogen (secondary N) is 1. The summed E-state index contributed by atoms with van der Waals surface area (Å²) in [4.78, 5) is 19.2. The van der Waals surface area contributed by atoms with Gasteiger partial charge in [-0.1, -0.05) is 23.7 Å². The summed E-state index contributed by atoms with van der Waals surface area (Å²) in [5.41, 5.74) is 2.13. The molecule has 0 unspecified atom stereocenters. The number of phenolic OH excluding ortho intramolecular Hbond substituents is 1. The molecule has 0 bridgehead atoms. The average molecular weight is 402 g/mol. The minimum atomic E-state index is -0.252. The Morgan fingerprint density at radius 2 is 1.96 bits per heavy atom. The topological polar surface area (TPSA) is 64.9 Å². The summed E-state index contributed by atoms with van der Waals surface area (Å²) in [5.74, 6) is -0.116. The van der Waals surface area contributed by atoms with E-state index in [0.717, 1.165) is 18.8 Å².